The minimum absolute atomic E-state index is 0.000820. The maximum atomic E-state index is 11.3. The summed E-state index contributed by atoms with van der Waals surface area (Å²) in [6, 6.07) is 93.5. The largest absolute Gasteiger partial charge is 0.508 e. The number of nitrogens with zero attached hydrogens (tertiary/aromatic N) is 2. The Balaban J connectivity index is 0.000000123. The lowest BCUT2D eigenvalue weighted by Gasteiger charge is -2.14. The third-order valence-electron chi connectivity index (χ3n) is 18.4. The highest BCUT2D eigenvalue weighted by Crippen LogP contribution is 2.48. The number of carboxylic acid groups (broad SMARTS) is 1. The maximum Gasteiger partial charge on any atom is 0.335 e. The van der Waals surface area contributed by atoms with Gasteiger partial charge in [0.1, 0.15) is 63.2 Å². The standard InChI is InChI=1S/C28H18O2.C22H15NO4.C18H14O2.C13H10O5.C11H9NO2/c29-27-23(15-13-19-11-9-17-5-1-3-7-21(17)25(19)27)24-16-14-20-12-10-18-6-2-4-8-22(18)26(20)28(24)30;24-20-11-7-16-12-15(14-4-2-1-3-5-14)6-9-18(16)22(20)19-10-8-17(23(26)27)13-21(19)25;19-16-11-5-4-9-15(16)18-14(10-6-12-17(18)20)13-7-2-1-3-8-13;14-8-2-4-10(12(16)6-8)9-3-1-7(13(17)18)5-11(9)15;13-10-4-2-1-3-8(10)9-5-6-12-7-11(9)14/h1-16,29-30H;1-13,24-25H;1-12,19-20H;1-6,14-16H,(H,17,18);1-7,13-14H. The van der Waals surface area contributed by atoms with Crippen molar-refractivity contribution >= 4 is 65.5 Å². The molecule has 0 bridgehead atoms. The molecule has 0 aliphatic heterocycles. The molecular formula is C92H66N2O15. The first-order valence-corrected chi connectivity index (χ1v) is 34.0. The van der Waals surface area contributed by atoms with Gasteiger partial charge in [0.15, 0.2) is 0 Å². The number of fused-ring (bicyclic) bond motifs is 7. The summed E-state index contributed by atoms with van der Waals surface area (Å²) in [5.74, 6) is -1.03. The Morgan fingerprint density at radius 1 is 0.294 bits per heavy atom. The zero-order valence-electron chi connectivity index (χ0n) is 57.7. The summed E-state index contributed by atoms with van der Waals surface area (Å²) in [6.45, 7) is 0. The van der Waals surface area contributed by atoms with Crippen LogP contribution in [0.4, 0.5) is 5.69 Å². The zero-order chi connectivity index (χ0) is 76.4. The number of non-ortho nitro benzene ring substituents is 1. The fraction of sp³-hybridized carbons (Fsp3) is 0. The van der Waals surface area contributed by atoms with Gasteiger partial charge in [-0.3, -0.25) is 15.1 Å². The van der Waals surface area contributed by atoms with Crippen LogP contribution in [0.25, 0.3) is 132 Å². The molecule has 0 atom stereocenters. The molecule has 17 heteroatoms. The number of carbonyl (C=O) groups is 1. The van der Waals surface area contributed by atoms with Gasteiger partial charge in [-0.25, -0.2) is 4.79 Å². The van der Waals surface area contributed by atoms with E-state index in [9.17, 15) is 71.1 Å². The Morgan fingerprint density at radius 3 is 1.31 bits per heavy atom. The molecule has 17 rings (SSSR count). The number of phenolic OH excluding ortho intramolecular Hbond substituents is 10. The molecule has 0 aliphatic rings. The fourth-order valence-corrected chi connectivity index (χ4v) is 13.2. The Hall–Kier alpha value is -15.4. The van der Waals surface area contributed by atoms with Crippen molar-refractivity contribution in [3.8, 4) is 141 Å². The first-order chi connectivity index (χ1) is 52.8. The number of nitro benzene ring substituents is 1. The third kappa shape index (κ3) is 15.4. The molecule has 1 aromatic heterocycles. The lowest BCUT2D eigenvalue weighted by Crippen LogP contribution is -1.95. The number of carboxylic acids is 1. The summed E-state index contributed by atoms with van der Waals surface area (Å²) in [6.07, 6.45) is 2.92. The van der Waals surface area contributed by atoms with Gasteiger partial charge in [-0.15, -0.1) is 0 Å². The van der Waals surface area contributed by atoms with Crippen molar-refractivity contribution in [1.29, 1.82) is 0 Å². The molecule has 0 radical (unpaired) electrons. The van der Waals surface area contributed by atoms with Gasteiger partial charge in [0, 0.05) is 84.7 Å². The predicted molar refractivity (Wildman–Crippen MR) is 428 cm³/mol. The molecule has 0 fully saturated rings. The van der Waals surface area contributed by atoms with E-state index in [4.69, 9.17) is 5.11 Å². The van der Waals surface area contributed by atoms with E-state index < -0.39 is 10.9 Å². The summed E-state index contributed by atoms with van der Waals surface area (Å²) in [5.41, 5.74) is 8.87. The number of nitro groups is 1. The van der Waals surface area contributed by atoms with Gasteiger partial charge in [0.05, 0.1) is 22.7 Å². The van der Waals surface area contributed by atoms with E-state index in [-0.39, 0.29) is 80.1 Å². The molecule has 0 saturated heterocycles. The lowest BCUT2D eigenvalue weighted by molar-refractivity contribution is -0.384. The number of rotatable bonds is 9. The van der Waals surface area contributed by atoms with E-state index in [1.165, 1.54) is 42.6 Å². The summed E-state index contributed by atoms with van der Waals surface area (Å²) >= 11 is 0. The second kappa shape index (κ2) is 31.7. The van der Waals surface area contributed by atoms with Gasteiger partial charge in [0.25, 0.3) is 5.69 Å². The normalized spacial score (nSPS) is 10.8. The summed E-state index contributed by atoms with van der Waals surface area (Å²) < 4.78 is 0. The van der Waals surface area contributed by atoms with Crippen LogP contribution in [0.5, 0.6) is 63.2 Å². The molecule has 17 aromatic rings. The topological polar surface area (TPSA) is 316 Å². The van der Waals surface area contributed by atoms with Crippen LogP contribution in [0.15, 0.2) is 328 Å². The number of aromatic nitrogens is 1. The molecule has 16 aromatic carbocycles. The second-order valence-electron chi connectivity index (χ2n) is 25.1. The molecule has 534 valence electrons. The number of pyridine rings is 1. The summed E-state index contributed by atoms with van der Waals surface area (Å²) in [5, 5.41) is 140. The minimum atomic E-state index is -1.15. The first-order valence-electron chi connectivity index (χ1n) is 34.0. The SMILES string of the molecule is O=C(O)c1ccc(-c2ccc(O)cc2O)c(O)c1.O=[N+]([O-])c1ccc(-c2c(O)ccc3cc(-c4ccccc4)ccc23)c(O)c1.Oc1c(-c2ccc3ccc4ccccc4c3c2O)ccc2ccc3ccccc3c12.Oc1ccccc1-c1c(O)cccc1-c1ccccc1.Oc1ccccc1-c1ccncc1O. The lowest BCUT2D eigenvalue weighted by atomic mass is 9.92. The first kappa shape index (κ1) is 72.0. The number of phenols is 10. The third-order valence-corrected chi connectivity index (χ3v) is 18.4. The molecular weight excluding hydrogens is 1370 g/mol. The molecule has 1 heterocycles. The van der Waals surface area contributed by atoms with E-state index in [1.807, 2.05) is 182 Å². The average molecular weight is 1440 g/mol. The minimum Gasteiger partial charge on any atom is -0.508 e. The van der Waals surface area contributed by atoms with Crippen molar-refractivity contribution in [1.82, 2.24) is 4.98 Å². The van der Waals surface area contributed by atoms with Crippen LogP contribution in [0.2, 0.25) is 0 Å². The van der Waals surface area contributed by atoms with Crippen LogP contribution >= 0.6 is 0 Å². The molecule has 0 spiro atoms. The van der Waals surface area contributed by atoms with Crippen molar-refractivity contribution < 1.29 is 71.0 Å². The van der Waals surface area contributed by atoms with Gasteiger partial charge in [-0.1, -0.05) is 212 Å². The van der Waals surface area contributed by atoms with Gasteiger partial charge < -0.3 is 61.3 Å². The number of benzene rings is 16. The number of hydrogen-bond donors (Lipinski definition) is 12. The van der Waals surface area contributed by atoms with Crippen molar-refractivity contribution in [2.24, 2.45) is 0 Å². The van der Waals surface area contributed by atoms with Crippen molar-refractivity contribution in [3.05, 3.63) is 344 Å². The molecule has 0 amide bonds. The molecule has 0 aliphatic carbocycles. The summed E-state index contributed by atoms with van der Waals surface area (Å²) in [4.78, 5) is 24.8. The van der Waals surface area contributed by atoms with Crippen LogP contribution in [-0.2, 0) is 0 Å². The molecule has 0 unspecified atom stereocenters. The Morgan fingerprint density at radius 2 is 0.743 bits per heavy atom. The molecule has 17 nitrogen and oxygen atoms in total. The van der Waals surface area contributed by atoms with Crippen LogP contribution in [0.1, 0.15) is 10.4 Å². The monoisotopic (exact) mass is 1440 g/mol. The van der Waals surface area contributed by atoms with E-state index in [0.717, 1.165) is 94.3 Å². The van der Waals surface area contributed by atoms with Gasteiger partial charge in [-0.05, 0) is 150 Å². The van der Waals surface area contributed by atoms with E-state index >= 15 is 0 Å². The average Bonchev–Trinajstić information content (AvgIpc) is 0.747. The number of para-hydroxylation sites is 2. The molecule has 12 N–H and O–H groups in total. The number of aromatic carboxylic acids is 1. The van der Waals surface area contributed by atoms with Crippen LogP contribution < -0.4 is 0 Å². The Bertz CT molecular complexity index is 6120. The van der Waals surface area contributed by atoms with Gasteiger partial charge >= 0.3 is 5.97 Å². The summed E-state index contributed by atoms with van der Waals surface area (Å²) in [7, 11) is 0. The van der Waals surface area contributed by atoms with Crippen molar-refractivity contribution in [2.75, 3.05) is 0 Å². The molecule has 0 saturated carbocycles. The highest BCUT2D eigenvalue weighted by Gasteiger charge is 2.21. The zero-order valence-corrected chi connectivity index (χ0v) is 57.7. The predicted octanol–water partition coefficient (Wildman–Crippen LogP) is 21.6. The van der Waals surface area contributed by atoms with Crippen LogP contribution in [0.3, 0.4) is 0 Å². The van der Waals surface area contributed by atoms with E-state index in [2.05, 4.69) is 17.1 Å². The van der Waals surface area contributed by atoms with Gasteiger partial charge in [0.2, 0.25) is 0 Å². The van der Waals surface area contributed by atoms with Crippen LogP contribution in [0, 0.1) is 10.1 Å². The van der Waals surface area contributed by atoms with Crippen molar-refractivity contribution in [3.63, 3.8) is 0 Å². The Kier molecular flexibility index (Phi) is 20.9. The highest BCUT2D eigenvalue weighted by atomic mass is 16.6. The van der Waals surface area contributed by atoms with Crippen LogP contribution in [-0.4, -0.2) is 77.2 Å². The smallest absolute Gasteiger partial charge is 0.335 e. The number of aromatic hydroxyl groups is 11. The highest BCUT2D eigenvalue weighted by molar-refractivity contribution is 6.16. The van der Waals surface area contributed by atoms with Gasteiger partial charge in [-0.2, -0.15) is 0 Å². The fourth-order valence-electron chi connectivity index (χ4n) is 13.2. The quantitative estimate of drug-likeness (QED) is 0.0363. The molecule has 109 heavy (non-hydrogen) atoms. The van der Waals surface area contributed by atoms with E-state index in [1.54, 1.807) is 72.9 Å². The maximum absolute atomic E-state index is 11.3. The van der Waals surface area contributed by atoms with E-state index in [0.29, 0.717) is 50.1 Å². The van der Waals surface area contributed by atoms with Crippen molar-refractivity contribution in [2.45, 2.75) is 0 Å². The Labute approximate surface area is 622 Å². The number of hydrogen-bond acceptors (Lipinski definition) is 15. The second-order valence-corrected chi connectivity index (χ2v) is 25.1.